The molecule has 5 nitrogen and oxygen atoms in total. The number of ether oxygens (including phenoxy) is 3. The van der Waals surface area contributed by atoms with Crippen LogP contribution >= 0.6 is 0 Å². The molecule has 1 aromatic heterocycles. The van der Waals surface area contributed by atoms with Crippen LogP contribution in [-0.2, 0) is 13.1 Å². The highest BCUT2D eigenvalue weighted by atomic mass is 16.5. The van der Waals surface area contributed by atoms with Crippen molar-refractivity contribution in [3.05, 3.63) is 108 Å². The lowest BCUT2D eigenvalue weighted by molar-refractivity contribution is 0.219. The van der Waals surface area contributed by atoms with E-state index in [1.165, 1.54) is 16.8 Å². The van der Waals surface area contributed by atoms with Gasteiger partial charge >= 0.3 is 0 Å². The first-order valence-corrected chi connectivity index (χ1v) is 11.7. The van der Waals surface area contributed by atoms with Gasteiger partial charge in [-0.05, 0) is 66.1 Å². The molecule has 0 bridgehead atoms. The van der Waals surface area contributed by atoms with Crippen molar-refractivity contribution in [3.8, 4) is 23.0 Å². The van der Waals surface area contributed by atoms with Gasteiger partial charge in [-0.15, -0.1) is 0 Å². The molecule has 5 rings (SSSR count). The van der Waals surface area contributed by atoms with Crippen LogP contribution in [0.2, 0.25) is 0 Å². The van der Waals surface area contributed by atoms with Crippen molar-refractivity contribution in [3.63, 3.8) is 0 Å². The minimum Gasteiger partial charge on any atom is -0.493 e. The molecule has 0 N–H and O–H groups in total. The predicted octanol–water partition coefficient (Wildman–Crippen LogP) is 6.29. The van der Waals surface area contributed by atoms with Crippen LogP contribution < -0.4 is 14.2 Å². The fourth-order valence-corrected chi connectivity index (χ4v) is 4.78. The van der Waals surface area contributed by atoms with Crippen LogP contribution in [0.4, 0.5) is 0 Å². The van der Waals surface area contributed by atoms with Gasteiger partial charge < -0.3 is 18.8 Å². The predicted molar refractivity (Wildman–Crippen MR) is 134 cm³/mol. The van der Waals surface area contributed by atoms with Gasteiger partial charge in [0.05, 0.1) is 20.3 Å². The largest absolute Gasteiger partial charge is 0.493 e. The third kappa shape index (κ3) is 4.66. The third-order valence-electron chi connectivity index (χ3n) is 6.34. The number of nitrogens with zero attached hydrogens (tertiary/aromatic N) is 2. The number of fused-ring (bicyclic) bond motifs is 1. The summed E-state index contributed by atoms with van der Waals surface area (Å²) in [5.74, 6) is 3.19. The van der Waals surface area contributed by atoms with Gasteiger partial charge in [-0.2, -0.15) is 0 Å². The van der Waals surface area contributed by atoms with Crippen LogP contribution in [0.5, 0.6) is 23.0 Å². The molecule has 1 atom stereocenters. The molecule has 34 heavy (non-hydrogen) atoms. The van der Waals surface area contributed by atoms with Gasteiger partial charge in [0.2, 0.25) is 0 Å². The molecule has 0 saturated heterocycles. The highest BCUT2D eigenvalue weighted by Crippen LogP contribution is 2.37. The van der Waals surface area contributed by atoms with E-state index in [2.05, 4.69) is 58.1 Å². The van der Waals surface area contributed by atoms with Gasteiger partial charge in [-0.3, -0.25) is 4.90 Å². The van der Waals surface area contributed by atoms with E-state index in [0.29, 0.717) is 0 Å². The minimum absolute atomic E-state index is 0.107. The zero-order chi connectivity index (χ0) is 23.3. The molecule has 0 amide bonds. The number of aryl methyl sites for hydroxylation is 1. The van der Waals surface area contributed by atoms with Crippen molar-refractivity contribution < 1.29 is 14.2 Å². The average molecular weight is 455 g/mol. The fraction of sp³-hybridized carbons (Fsp3) is 0.241. The highest BCUT2D eigenvalue weighted by Gasteiger charge is 2.28. The average Bonchev–Trinajstić information content (AvgIpc) is 3.26. The van der Waals surface area contributed by atoms with Gasteiger partial charge in [-0.25, -0.2) is 0 Å². The third-order valence-corrected chi connectivity index (χ3v) is 6.34. The van der Waals surface area contributed by atoms with E-state index in [1.807, 2.05) is 42.5 Å². The van der Waals surface area contributed by atoms with E-state index in [0.717, 1.165) is 49.1 Å². The Morgan fingerprint density at radius 1 is 0.765 bits per heavy atom. The van der Waals surface area contributed by atoms with Crippen LogP contribution in [0.3, 0.4) is 0 Å². The molecule has 1 aliphatic heterocycles. The molecule has 0 spiro atoms. The van der Waals surface area contributed by atoms with E-state index >= 15 is 0 Å². The fourth-order valence-electron chi connectivity index (χ4n) is 4.78. The SMILES string of the molecule is COc1ccc([C@@H]2c3cccn3CCCN2Cc2cccc(Oc3ccccc3)c2)cc1OC. The number of hydrogen-bond donors (Lipinski definition) is 0. The Labute approximate surface area is 201 Å². The van der Waals surface area contributed by atoms with E-state index < -0.39 is 0 Å². The summed E-state index contributed by atoms with van der Waals surface area (Å²) >= 11 is 0. The first kappa shape index (κ1) is 22.1. The molecule has 3 aromatic carbocycles. The summed E-state index contributed by atoms with van der Waals surface area (Å²) in [5.41, 5.74) is 3.71. The van der Waals surface area contributed by atoms with Crippen LogP contribution in [0.1, 0.15) is 29.3 Å². The van der Waals surface area contributed by atoms with Crippen LogP contribution in [0, 0.1) is 0 Å². The van der Waals surface area contributed by atoms with Crippen LogP contribution in [-0.4, -0.2) is 30.2 Å². The van der Waals surface area contributed by atoms with Crippen molar-refractivity contribution >= 4 is 0 Å². The normalized spacial score (nSPS) is 15.9. The quantitative estimate of drug-likeness (QED) is 0.329. The monoisotopic (exact) mass is 454 g/mol. The maximum atomic E-state index is 6.09. The van der Waals surface area contributed by atoms with Crippen molar-refractivity contribution in [1.82, 2.24) is 9.47 Å². The van der Waals surface area contributed by atoms with Crippen LogP contribution in [0.15, 0.2) is 91.1 Å². The Morgan fingerprint density at radius 2 is 1.59 bits per heavy atom. The number of rotatable bonds is 7. The molecular weight excluding hydrogens is 424 g/mol. The first-order valence-electron chi connectivity index (χ1n) is 11.7. The standard InChI is InChI=1S/C29H30N2O3/c1-32-27-15-14-23(20-28(27)33-2)29-26-13-7-16-30(26)17-8-18-31(29)21-22-9-6-12-25(19-22)34-24-10-4-3-5-11-24/h3-7,9-16,19-20,29H,8,17-18,21H2,1-2H3/t29-/m1/s1. The van der Waals surface area contributed by atoms with Gasteiger partial charge in [0.25, 0.3) is 0 Å². The van der Waals surface area contributed by atoms with E-state index in [4.69, 9.17) is 14.2 Å². The summed E-state index contributed by atoms with van der Waals surface area (Å²) in [7, 11) is 3.36. The maximum absolute atomic E-state index is 6.09. The first-order chi connectivity index (χ1) is 16.7. The second-order valence-corrected chi connectivity index (χ2v) is 8.53. The van der Waals surface area contributed by atoms with Crippen LogP contribution in [0.25, 0.3) is 0 Å². The number of hydrogen-bond acceptors (Lipinski definition) is 4. The van der Waals surface area contributed by atoms with Crippen molar-refractivity contribution in [2.45, 2.75) is 25.6 Å². The van der Waals surface area contributed by atoms with E-state index in [9.17, 15) is 0 Å². The molecule has 0 aliphatic carbocycles. The number of methoxy groups -OCH3 is 2. The molecule has 4 aromatic rings. The summed E-state index contributed by atoms with van der Waals surface area (Å²) in [5, 5.41) is 0. The Bertz CT molecular complexity index is 1240. The molecule has 2 heterocycles. The number of para-hydroxylation sites is 1. The minimum atomic E-state index is 0.107. The van der Waals surface area contributed by atoms with Gasteiger partial charge in [0.15, 0.2) is 11.5 Å². The highest BCUT2D eigenvalue weighted by molar-refractivity contribution is 5.45. The Hall–Kier alpha value is -3.70. The second kappa shape index (κ2) is 10.1. The smallest absolute Gasteiger partial charge is 0.161 e. The summed E-state index contributed by atoms with van der Waals surface area (Å²) < 4.78 is 19.6. The van der Waals surface area contributed by atoms with Crippen molar-refractivity contribution in [1.29, 1.82) is 0 Å². The number of benzene rings is 3. The number of aromatic nitrogens is 1. The second-order valence-electron chi connectivity index (χ2n) is 8.53. The molecule has 0 unspecified atom stereocenters. The lowest BCUT2D eigenvalue weighted by Crippen LogP contribution is -2.29. The molecule has 5 heteroatoms. The maximum Gasteiger partial charge on any atom is 0.161 e. The molecule has 1 aliphatic rings. The van der Waals surface area contributed by atoms with Gasteiger partial charge in [0, 0.05) is 31.5 Å². The van der Waals surface area contributed by atoms with Gasteiger partial charge in [0.1, 0.15) is 11.5 Å². The van der Waals surface area contributed by atoms with Gasteiger partial charge in [-0.1, -0.05) is 36.4 Å². The summed E-state index contributed by atoms with van der Waals surface area (Å²) in [4.78, 5) is 2.54. The molecule has 0 radical (unpaired) electrons. The molecule has 0 saturated carbocycles. The van der Waals surface area contributed by atoms with Crippen molar-refractivity contribution in [2.75, 3.05) is 20.8 Å². The zero-order valence-electron chi connectivity index (χ0n) is 19.7. The lowest BCUT2D eigenvalue weighted by Gasteiger charge is -2.31. The summed E-state index contributed by atoms with van der Waals surface area (Å²) in [6, 6.07) is 29.0. The van der Waals surface area contributed by atoms with Crippen molar-refractivity contribution in [2.24, 2.45) is 0 Å². The lowest BCUT2D eigenvalue weighted by atomic mass is 10.00. The Kier molecular flexibility index (Phi) is 6.54. The Balaban J connectivity index is 1.47. The zero-order valence-corrected chi connectivity index (χ0v) is 19.7. The van der Waals surface area contributed by atoms with E-state index in [1.54, 1.807) is 14.2 Å². The molecule has 0 fully saturated rings. The van der Waals surface area contributed by atoms with E-state index in [-0.39, 0.29) is 6.04 Å². The summed E-state index contributed by atoms with van der Waals surface area (Å²) in [6.45, 7) is 2.82. The Morgan fingerprint density at radius 3 is 2.41 bits per heavy atom. The summed E-state index contributed by atoms with van der Waals surface area (Å²) in [6.07, 6.45) is 3.27. The molecule has 174 valence electrons. The molecular formula is C29H30N2O3. The topological polar surface area (TPSA) is 35.9 Å².